The summed E-state index contributed by atoms with van der Waals surface area (Å²) in [6.07, 6.45) is 3.67. The second-order valence-corrected chi connectivity index (χ2v) is 9.15. The zero-order chi connectivity index (χ0) is 18.8. The van der Waals surface area contributed by atoms with Crippen LogP contribution in [0.1, 0.15) is 47.2 Å². The quantitative estimate of drug-likeness (QED) is 0.683. The number of nitrogens with zero attached hydrogens (tertiary/aromatic N) is 2. The third-order valence-electron chi connectivity index (χ3n) is 6.45. The van der Waals surface area contributed by atoms with Gasteiger partial charge in [0.05, 0.1) is 19.8 Å². The predicted molar refractivity (Wildman–Crippen MR) is 114 cm³/mol. The molecule has 0 amide bonds. The standard InChI is InChI=1S/C23H30N2O2S/c1-4-22-20-16-18(27-12-3-8-24-10-13-26-14-11-24)6-7-19(20)21(17-25(22)9-1)23-5-2-15-28-23/h2,5-7,15-16,21-22H,1,3-4,8-14,17H2/t21-,22+/m1/s1. The van der Waals surface area contributed by atoms with Crippen molar-refractivity contribution in [2.45, 2.75) is 31.2 Å². The number of hydrogen-bond donors (Lipinski definition) is 0. The van der Waals surface area contributed by atoms with E-state index in [2.05, 4.69) is 45.5 Å². The normalized spacial score (nSPS) is 25.4. The Hall–Kier alpha value is -1.40. The van der Waals surface area contributed by atoms with Gasteiger partial charge in [0.15, 0.2) is 0 Å². The van der Waals surface area contributed by atoms with Gasteiger partial charge in [-0.05, 0) is 60.5 Å². The van der Waals surface area contributed by atoms with E-state index in [1.165, 1.54) is 35.4 Å². The summed E-state index contributed by atoms with van der Waals surface area (Å²) < 4.78 is 11.6. The van der Waals surface area contributed by atoms with Crippen LogP contribution >= 0.6 is 11.3 Å². The van der Waals surface area contributed by atoms with E-state index in [4.69, 9.17) is 9.47 Å². The highest BCUT2D eigenvalue weighted by molar-refractivity contribution is 7.10. The molecule has 1 aromatic carbocycles. The Morgan fingerprint density at radius 1 is 1.11 bits per heavy atom. The Morgan fingerprint density at radius 3 is 2.89 bits per heavy atom. The molecule has 0 bridgehead atoms. The van der Waals surface area contributed by atoms with Gasteiger partial charge >= 0.3 is 0 Å². The Morgan fingerprint density at radius 2 is 2.04 bits per heavy atom. The zero-order valence-electron chi connectivity index (χ0n) is 16.5. The van der Waals surface area contributed by atoms with E-state index in [0.29, 0.717) is 12.0 Å². The number of thiophene rings is 1. The molecule has 28 heavy (non-hydrogen) atoms. The molecule has 3 aliphatic rings. The number of benzene rings is 1. The van der Waals surface area contributed by atoms with Crippen LogP contribution in [0.25, 0.3) is 0 Å². The van der Waals surface area contributed by atoms with E-state index in [1.807, 2.05) is 11.3 Å². The second-order valence-electron chi connectivity index (χ2n) is 8.17. The highest BCUT2D eigenvalue weighted by Crippen LogP contribution is 2.46. The van der Waals surface area contributed by atoms with Crippen molar-refractivity contribution in [1.29, 1.82) is 0 Å². The maximum atomic E-state index is 6.16. The van der Waals surface area contributed by atoms with Crippen molar-refractivity contribution in [3.63, 3.8) is 0 Å². The van der Waals surface area contributed by atoms with E-state index in [-0.39, 0.29) is 0 Å². The van der Waals surface area contributed by atoms with Crippen molar-refractivity contribution < 1.29 is 9.47 Å². The molecule has 3 aliphatic heterocycles. The summed E-state index contributed by atoms with van der Waals surface area (Å²) in [5.41, 5.74) is 3.03. The van der Waals surface area contributed by atoms with Crippen molar-refractivity contribution >= 4 is 11.3 Å². The molecule has 2 atom stereocenters. The largest absolute Gasteiger partial charge is 0.494 e. The van der Waals surface area contributed by atoms with Crippen LogP contribution in [0.5, 0.6) is 5.75 Å². The molecule has 4 heterocycles. The van der Waals surface area contributed by atoms with Gasteiger partial charge in [-0.1, -0.05) is 12.1 Å². The van der Waals surface area contributed by atoms with Gasteiger partial charge in [-0.3, -0.25) is 9.80 Å². The summed E-state index contributed by atoms with van der Waals surface area (Å²) >= 11 is 1.89. The average Bonchev–Trinajstić information content (AvgIpc) is 3.43. The smallest absolute Gasteiger partial charge is 0.119 e. The first-order chi connectivity index (χ1) is 13.9. The highest BCUT2D eigenvalue weighted by atomic mass is 32.1. The Bertz CT molecular complexity index is 773. The fraction of sp³-hybridized carbons (Fsp3) is 0.565. The fourth-order valence-corrected chi connectivity index (χ4v) is 5.85. The third kappa shape index (κ3) is 3.86. The molecule has 1 aromatic heterocycles. The molecule has 2 fully saturated rings. The van der Waals surface area contributed by atoms with Gasteiger partial charge in [0.2, 0.25) is 0 Å². The monoisotopic (exact) mass is 398 g/mol. The molecule has 5 heteroatoms. The minimum atomic E-state index is 0.514. The molecule has 2 aromatic rings. The third-order valence-corrected chi connectivity index (χ3v) is 7.44. The van der Waals surface area contributed by atoms with Crippen molar-refractivity contribution in [2.75, 3.05) is 52.5 Å². The highest BCUT2D eigenvalue weighted by Gasteiger charge is 2.37. The van der Waals surface area contributed by atoms with Crippen LogP contribution < -0.4 is 4.74 Å². The number of rotatable bonds is 6. The minimum Gasteiger partial charge on any atom is -0.494 e. The van der Waals surface area contributed by atoms with Crippen LogP contribution in [0.15, 0.2) is 35.7 Å². The van der Waals surface area contributed by atoms with Crippen LogP contribution in [0, 0.1) is 0 Å². The summed E-state index contributed by atoms with van der Waals surface area (Å²) in [6.45, 7) is 8.14. The van der Waals surface area contributed by atoms with Crippen LogP contribution in [0.4, 0.5) is 0 Å². The van der Waals surface area contributed by atoms with Gasteiger partial charge < -0.3 is 9.47 Å². The molecule has 0 unspecified atom stereocenters. The van der Waals surface area contributed by atoms with Crippen molar-refractivity contribution in [3.05, 3.63) is 51.7 Å². The van der Waals surface area contributed by atoms with Crippen molar-refractivity contribution in [1.82, 2.24) is 9.80 Å². The summed E-state index contributed by atoms with van der Waals surface area (Å²) in [4.78, 5) is 6.65. The summed E-state index contributed by atoms with van der Waals surface area (Å²) in [5, 5.41) is 2.21. The van der Waals surface area contributed by atoms with Crippen molar-refractivity contribution in [2.24, 2.45) is 0 Å². The van der Waals surface area contributed by atoms with E-state index < -0.39 is 0 Å². The number of morpholine rings is 1. The molecule has 0 radical (unpaired) electrons. The van der Waals surface area contributed by atoms with Gasteiger partial charge in [-0.2, -0.15) is 0 Å². The van der Waals surface area contributed by atoms with Gasteiger partial charge in [0.25, 0.3) is 0 Å². The van der Waals surface area contributed by atoms with Crippen LogP contribution in [-0.2, 0) is 4.74 Å². The Balaban J connectivity index is 1.27. The molecule has 150 valence electrons. The van der Waals surface area contributed by atoms with E-state index in [9.17, 15) is 0 Å². The molecular formula is C23H30N2O2S. The molecule has 0 N–H and O–H groups in total. The summed E-state index contributed by atoms with van der Waals surface area (Å²) in [5.74, 6) is 1.55. The first-order valence-electron chi connectivity index (χ1n) is 10.7. The maximum Gasteiger partial charge on any atom is 0.119 e. The lowest BCUT2D eigenvalue weighted by molar-refractivity contribution is 0.0358. The average molecular weight is 399 g/mol. The molecule has 4 nitrogen and oxygen atoms in total. The lowest BCUT2D eigenvalue weighted by atomic mass is 9.84. The first-order valence-corrected chi connectivity index (χ1v) is 11.6. The predicted octanol–water partition coefficient (Wildman–Crippen LogP) is 4.13. The van der Waals surface area contributed by atoms with Crippen LogP contribution in [-0.4, -0.2) is 62.3 Å². The minimum absolute atomic E-state index is 0.514. The SMILES string of the molecule is c1csc([C@@H]2CN3CCC[C@H]3c3cc(OCCCN4CCOCC4)ccc32)c1. The summed E-state index contributed by atoms with van der Waals surface area (Å²) in [6, 6.07) is 11.9. The Kier molecular flexibility index (Phi) is 5.68. The van der Waals surface area contributed by atoms with E-state index in [0.717, 1.165) is 58.2 Å². The van der Waals surface area contributed by atoms with Gasteiger partial charge in [-0.25, -0.2) is 0 Å². The topological polar surface area (TPSA) is 24.9 Å². The molecule has 5 rings (SSSR count). The second kappa shape index (κ2) is 8.54. The lowest BCUT2D eigenvalue weighted by Crippen LogP contribution is -2.37. The number of hydrogen-bond acceptors (Lipinski definition) is 5. The molecular weight excluding hydrogens is 368 g/mol. The van der Waals surface area contributed by atoms with Gasteiger partial charge in [0, 0.05) is 43.0 Å². The Labute approximate surface area is 172 Å². The first kappa shape index (κ1) is 18.6. The van der Waals surface area contributed by atoms with E-state index in [1.54, 1.807) is 0 Å². The van der Waals surface area contributed by atoms with Crippen LogP contribution in [0.3, 0.4) is 0 Å². The maximum absolute atomic E-state index is 6.16. The number of ether oxygens (including phenoxy) is 2. The van der Waals surface area contributed by atoms with Gasteiger partial charge in [-0.15, -0.1) is 11.3 Å². The van der Waals surface area contributed by atoms with Gasteiger partial charge in [0.1, 0.15) is 5.75 Å². The fourth-order valence-electron chi connectivity index (χ4n) is 5.01. The van der Waals surface area contributed by atoms with E-state index >= 15 is 0 Å². The van der Waals surface area contributed by atoms with Crippen LogP contribution in [0.2, 0.25) is 0 Å². The lowest BCUT2D eigenvalue weighted by Gasteiger charge is -2.37. The zero-order valence-corrected chi connectivity index (χ0v) is 17.3. The van der Waals surface area contributed by atoms with Crippen molar-refractivity contribution in [3.8, 4) is 5.75 Å². The molecule has 0 saturated carbocycles. The molecule has 0 spiro atoms. The summed E-state index contributed by atoms with van der Waals surface area (Å²) in [7, 11) is 0. The molecule has 2 saturated heterocycles. The molecule has 0 aliphatic carbocycles. The number of fused-ring (bicyclic) bond motifs is 3.